The second-order valence-electron chi connectivity index (χ2n) is 2.67. The molecule has 0 aliphatic heterocycles. The molecule has 1 rings (SSSR count). The number of aliphatic hydroxyl groups is 1. The van der Waals surface area contributed by atoms with Gasteiger partial charge >= 0.3 is 0 Å². The van der Waals surface area contributed by atoms with Crippen LogP contribution in [0.25, 0.3) is 0 Å². The first-order chi connectivity index (χ1) is 5.74. The predicted molar refractivity (Wildman–Crippen MR) is 45.0 cm³/mol. The molecule has 66 valence electrons. The molecule has 0 bridgehead atoms. The smallest absolute Gasteiger partial charge is 0.123 e. The first kappa shape index (κ1) is 9.16. The quantitative estimate of drug-likeness (QED) is 0.714. The molecule has 0 fully saturated rings. The van der Waals surface area contributed by atoms with Gasteiger partial charge in [-0.05, 0) is 24.1 Å². The number of benzene rings is 1. The van der Waals surface area contributed by atoms with E-state index in [1.165, 1.54) is 12.1 Å². The van der Waals surface area contributed by atoms with Crippen molar-refractivity contribution in [1.29, 1.82) is 0 Å². The van der Waals surface area contributed by atoms with Crippen LogP contribution in [0.5, 0.6) is 0 Å². The van der Waals surface area contributed by atoms with Crippen molar-refractivity contribution < 1.29 is 9.50 Å². The summed E-state index contributed by atoms with van der Waals surface area (Å²) in [6.45, 7) is 0.0255. The molecule has 0 amide bonds. The van der Waals surface area contributed by atoms with Crippen molar-refractivity contribution >= 4 is 0 Å². The van der Waals surface area contributed by atoms with Gasteiger partial charge in [-0.15, -0.1) is 0 Å². The summed E-state index contributed by atoms with van der Waals surface area (Å²) < 4.78 is 12.6. The highest BCUT2D eigenvalue weighted by molar-refractivity contribution is 5.19. The van der Waals surface area contributed by atoms with Gasteiger partial charge in [0.05, 0.1) is 0 Å². The minimum atomic E-state index is -0.291. The summed E-state index contributed by atoms with van der Waals surface area (Å²) in [7, 11) is 0. The molecular formula is C9H12FNO. The maximum absolute atomic E-state index is 12.6. The lowest BCUT2D eigenvalue weighted by molar-refractivity contribution is 0.276. The van der Waals surface area contributed by atoms with Crippen LogP contribution < -0.4 is 5.73 Å². The Hall–Kier alpha value is -0.930. The third kappa shape index (κ3) is 2.29. The number of hydrogen-bond donors (Lipinski definition) is 2. The summed E-state index contributed by atoms with van der Waals surface area (Å²) in [6, 6.07) is 5.85. The molecule has 1 aromatic rings. The molecule has 0 spiro atoms. The van der Waals surface area contributed by atoms with Gasteiger partial charge in [-0.25, -0.2) is 4.39 Å². The lowest BCUT2D eigenvalue weighted by atomic mass is 10.1. The summed E-state index contributed by atoms with van der Waals surface area (Å²) in [5.41, 5.74) is 6.37. The Balaban J connectivity index is 2.73. The molecule has 0 saturated carbocycles. The van der Waals surface area contributed by atoms with Gasteiger partial charge in [-0.3, -0.25) is 0 Å². The Morgan fingerprint density at radius 1 is 1.50 bits per heavy atom. The van der Waals surface area contributed by atoms with E-state index in [9.17, 15) is 4.39 Å². The fraction of sp³-hybridized carbons (Fsp3) is 0.333. The van der Waals surface area contributed by atoms with Gasteiger partial charge in [-0.1, -0.05) is 12.1 Å². The van der Waals surface area contributed by atoms with Crippen molar-refractivity contribution in [3.8, 4) is 0 Å². The normalized spacial score (nSPS) is 12.9. The van der Waals surface area contributed by atoms with E-state index in [0.29, 0.717) is 6.42 Å². The van der Waals surface area contributed by atoms with Crippen molar-refractivity contribution in [3.05, 3.63) is 35.6 Å². The van der Waals surface area contributed by atoms with Crippen LogP contribution >= 0.6 is 0 Å². The minimum absolute atomic E-state index is 0.0255. The zero-order chi connectivity index (χ0) is 8.97. The zero-order valence-corrected chi connectivity index (χ0v) is 6.70. The topological polar surface area (TPSA) is 46.2 Å². The molecular weight excluding hydrogens is 157 g/mol. The molecule has 0 aliphatic carbocycles. The SMILES string of the molecule is NC(CCO)c1cccc(F)c1. The first-order valence-electron chi connectivity index (χ1n) is 3.86. The van der Waals surface area contributed by atoms with Gasteiger partial charge in [0, 0.05) is 12.6 Å². The van der Waals surface area contributed by atoms with E-state index in [0.717, 1.165) is 5.56 Å². The first-order valence-corrected chi connectivity index (χ1v) is 3.86. The van der Waals surface area contributed by atoms with Gasteiger partial charge in [0.2, 0.25) is 0 Å². The third-order valence-corrected chi connectivity index (χ3v) is 1.72. The van der Waals surface area contributed by atoms with Crippen molar-refractivity contribution in [2.75, 3.05) is 6.61 Å². The molecule has 0 aromatic heterocycles. The zero-order valence-electron chi connectivity index (χ0n) is 6.70. The largest absolute Gasteiger partial charge is 0.396 e. The lowest BCUT2D eigenvalue weighted by Crippen LogP contribution is -2.11. The number of aliphatic hydroxyl groups excluding tert-OH is 1. The molecule has 0 aliphatic rings. The van der Waals surface area contributed by atoms with E-state index >= 15 is 0 Å². The van der Waals surface area contributed by atoms with E-state index in [-0.39, 0.29) is 18.5 Å². The highest BCUT2D eigenvalue weighted by Gasteiger charge is 2.04. The summed E-state index contributed by atoms with van der Waals surface area (Å²) in [6.07, 6.45) is 0.462. The maximum Gasteiger partial charge on any atom is 0.123 e. The van der Waals surface area contributed by atoms with Crippen molar-refractivity contribution in [2.24, 2.45) is 5.73 Å². The molecule has 1 atom stereocenters. The Morgan fingerprint density at radius 2 is 2.25 bits per heavy atom. The Kier molecular flexibility index (Phi) is 3.19. The van der Waals surface area contributed by atoms with Crippen LogP contribution in [0.4, 0.5) is 4.39 Å². The van der Waals surface area contributed by atoms with Gasteiger partial charge in [0.1, 0.15) is 5.82 Å². The predicted octanol–water partition coefficient (Wildman–Crippen LogP) is 1.21. The van der Waals surface area contributed by atoms with E-state index in [1.54, 1.807) is 12.1 Å². The molecule has 1 unspecified atom stereocenters. The number of rotatable bonds is 3. The summed E-state index contributed by atoms with van der Waals surface area (Å²) in [5.74, 6) is -0.291. The van der Waals surface area contributed by atoms with E-state index in [1.807, 2.05) is 0 Å². The summed E-state index contributed by atoms with van der Waals surface area (Å²) >= 11 is 0. The number of halogens is 1. The monoisotopic (exact) mass is 169 g/mol. The average Bonchev–Trinajstić information content (AvgIpc) is 2.05. The molecule has 2 nitrogen and oxygen atoms in total. The van der Waals surface area contributed by atoms with Crippen LogP contribution in [0.3, 0.4) is 0 Å². The molecule has 0 radical (unpaired) electrons. The average molecular weight is 169 g/mol. The number of nitrogens with two attached hydrogens (primary N) is 1. The Labute approximate surface area is 70.8 Å². The van der Waals surface area contributed by atoms with E-state index in [4.69, 9.17) is 10.8 Å². The van der Waals surface area contributed by atoms with Crippen LogP contribution in [0.15, 0.2) is 24.3 Å². The standard InChI is InChI=1S/C9H12FNO/c10-8-3-1-2-7(6-8)9(11)4-5-12/h1-3,6,9,12H,4-5,11H2. The van der Waals surface area contributed by atoms with Crippen molar-refractivity contribution in [2.45, 2.75) is 12.5 Å². The van der Waals surface area contributed by atoms with Crippen molar-refractivity contribution in [1.82, 2.24) is 0 Å². The highest BCUT2D eigenvalue weighted by atomic mass is 19.1. The third-order valence-electron chi connectivity index (χ3n) is 1.72. The summed E-state index contributed by atoms with van der Waals surface area (Å²) in [5, 5.41) is 8.59. The highest BCUT2D eigenvalue weighted by Crippen LogP contribution is 2.13. The number of hydrogen-bond acceptors (Lipinski definition) is 2. The summed E-state index contributed by atoms with van der Waals surface area (Å²) in [4.78, 5) is 0. The Morgan fingerprint density at radius 3 is 2.83 bits per heavy atom. The second kappa shape index (κ2) is 4.18. The fourth-order valence-corrected chi connectivity index (χ4v) is 1.04. The van der Waals surface area contributed by atoms with E-state index in [2.05, 4.69) is 0 Å². The van der Waals surface area contributed by atoms with Gasteiger partial charge in [-0.2, -0.15) is 0 Å². The fourth-order valence-electron chi connectivity index (χ4n) is 1.04. The molecule has 3 N–H and O–H groups in total. The molecule has 12 heavy (non-hydrogen) atoms. The maximum atomic E-state index is 12.6. The van der Waals surface area contributed by atoms with Gasteiger partial charge in [0.15, 0.2) is 0 Å². The molecule has 1 aromatic carbocycles. The molecule has 3 heteroatoms. The minimum Gasteiger partial charge on any atom is -0.396 e. The molecule has 0 saturated heterocycles. The Bertz CT molecular complexity index is 252. The van der Waals surface area contributed by atoms with E-state index < -0.39 is 0 Å². The van der Waals surface area contributed by atoms with Crippen LogP contribution in [0, 0.1) is 5.82 Å². The van der Waals surface area contributed by atoms with Crippen LogP contribution in [0.2, 0.25) is 0 Å². The van der Waals surface area contributed by atoms with Gasteiger partial charge < -0.3 is 10.8 Å². The lowest BCUT2D eigenvalue weighted by Gasteiger charge is -2.09. The molecule has 0 heterocycles. The van der Waals surface area contributed by atoms with Crippen molar-refractivity contribution in [3.63, 3.8) is 0 Å². The van der Waals surface area contributed by atoms with Crippen LogP contribution in [-0.4, -0.2) is 11.7 Å². The van der Waals surface area contributed by atoms with Crippen LogP contribution in [-0.2, 0) is 0 Å². The van der Waals surface area contributed by atoms with Crippen LogP contribution in [0.1, 0.15) is 18.0 Å². The second-order valence-corrected chi connectivity index (χ2v) is 2.67. The van der Waals surface area contributed by atoms with Gasteiger partial charge in [0.25, 0.3) is 0 Å².